The summed E-state index contributed by atoms with van der Waals surface area (Å²) in [4.78, 5) is 22.4. The minimum atomic E-state index is -3.89. The first-order valence-corrected chi connectivity index (χ1v) is 5.92. The van der Waals surface area contributed by atoms with Gasteiger partial charge in [-0.1, -0.05) is 0 Å². The van der Waals surface area contributed by atoms with Gasteiger partial charge < -0.3 is 9.84 Å². The summed E-state index contributed by atoms with van der Waals surface area (Å²) in [5, 5.41) is 8.82. The van der Waals surface area contributed by atoms with Gasteiger partial charge in [0.2, 0.25) is 0 Å². The average Bonchev–Trinajstić information content (AvgIpc) is 2.15. The molecular formula is C8H13NO6S. The molecule has 1 aliphatic heterocycles. The van der Waals surface area contributed by atoms with Gasteiger partial charge in [0.1, 0.15) is 0 Å². The van der Waals surface area contributed by atoms with Gasteiger partial charge in [0.05, 0.1) is 6.61 Å². The number of rotatable bonds is 4. The molecule has 1 saturated heterocycles. The molecule has 0 spiro atoms. The van der Waals surface area contributed by atoms with Crippen molar-refractivity contribution in [2.24, 2.45) is 0 Å². The highest BCUT2D eigenvalue weighted by molar-refractivity contribution is 7.94. The summed E-state index contributed by atoms with van der Waals surface area (Å²) in [6.07, 6.45) is 0. The molecular weight excluding hydrogens is 238 g/mol. The van der Waals surface area contributed by atoms with Crippen LogP contribution in [0, 0.1) is 0 Å². The summed E-state index contributed by atoms with van der Waals surface area (Å²) < 4.78 is 26.8. The summed E-state index contributed by atoms with van der Waals surface area (Å²) in [5.41, 5.74) is 0. The van der Waals surface area contributed by atoms with Crippen molar-refractivity contribution < 1.29 is 27.9 Å². The molecule has 0 aromatic heterocycles. The fourth-order valence-corrected chi connectivity index (χ4v) is 3.01. The molecule has 1 N–H and O–H groups in total. The SMILES string of the molecule is COCC(C(=O)O)N1C(=O)C(C)(C)S1(=O)=O. The van der Waals surface area contributed by atoms with E-state index in [0.717, 1.165) is 0 Å². The number of amides is 1. The summed E-state index contributed by atoms with van der Waals surface area (Å²) in [7, 11) is -2.66. The van der Waals surface area contributed by atoms with E-state index in [9.17, 15) is 18.0 Å². The molecule has 16 heavy (non-hydrogen) atoms. The third-order valence-corrected chi connectivity index (χ3v) is 4.91. The Hall–Kier alpha value is -1.15. The maximum absolute atomic E-state index is 11.7. The van der Waals surface area contributed by atoms with Crippen LogP contribution in [0.2, 0.25) is 0 Å². The monoisotopic (exact) mass is 251 g/mol. The second-order valence-corrected chi connectivity index (χ2v) is 6.29. The maximum atomic E-state index is 11.7. The van der Waals surface area contributed by atoms with Crippen molar-refractivity contribution in [3.05, 3.63) is 0 Å². The van der Waals surface area contributed by atoms with Gasteiger partial charge in [-0.05, 0) is 13.8 Å². The van der Waals surface area contributed by atoms with E-state index in [4.69, 9.17) is 5.11 Å². The molecule has 7 nitrogen and oxygen atoms in total. The standard InChI is InChI=1S/C8H13NO6S/c1-8(2)7(12)9(16(8,13)14)5(4-15-3)6(10)11/h5H,4H2,1-3H3,(H,10,11). The van der Waals surface area contributed by atoms with Gasteiger partial charge in [0, 0.05) is 7.11 Å². The van der Waals surface area contributed by atoms with E-state index in [-0.39, 0.29) is 6.61 Å². The fourth-order valence-electron chi connectivity index (χ4n) is 1.40. The van der Waals surface area contributed by atoms with Crippen molar-refractivity contribution in [2.45, 2.75) is 24.6 Å². The topological polar surface area (TPSA) is 101 Å². The number of carboxylic acids is 1. The molecule has 1 amide bonds. The fraction of sp³-hybridized carbons (Fsp3) is 0.750. The van der Waals surface area contributed by atoms with E-state index in [1.165, 1.54) is 21.0 Å². The molecule has 0 aliphatic carbocycles. The van der Waals surface area contributed by atoms with Crippen molar-refractivity contribution in [1.29, 1.82) is 0 Å². The van der Waals surface area contributed by atoms with Crippen LogP contribution < -0.4 is 0 Å². The van der Waals surface area contributed by atoms with E-state index in [2.05, 4.69) is 4.74 Å². The van der Waals surface area contributed by atoms with E-state index in [1.54, 1.807) is 0 Å². The number of hydrogen-bond donors (Lipinski definition) is 1. The van der Waals surface area contributed by atoms with Crippen LogP contribution in [0.25, 0.3) is 0 Å². The van der Waals surface area contributed by atoms with Crippen molar-refractivity contribution >= 4 is 21.9 Å². The molecule has 0 aromatic rings. The molecule has 1 atom stereocenters. The Balaban J connectivity index is 3.07. The minimum Gasteiger partial charge on any atom is -0.480 e. The average molecular weight is 251 g/mol. The van der Waals surface area contributed by atoms with Crippen molar-refractivity contribution in [1.82, 2.24) is 4.31 Å². The smallest absolute Gasteiger partial charge is 0.330 e. The molecule has 0 aromatic carbocycles. The van der Waals surface area contributed by atoms with Gasteiger partial charge in [-0.3, -0.25) is 4.79 Å². The Morgan fingerprint density at radius 2 is 2.06 bits per heavy atom. The zero-order valence-corrected chi connectivity index (χ0v) is 9.94. The lowest BCUT2D eigenvalue weighted by atomic mass is 10.1. The van der Waals surface area contributed by atoms with Crippen LogP contribution in [0.3, 0.4) is 0 Å². The van der Waals surface area contributed by atoms with Gasteiger partial charge >= 0.3 is 5.97 Å². The molecule has 1 heterocycles. The van der Waals surface area contributed by atoms with E-state index in [0.29, 0.717) is 4.31 Å². The van der Waals surface area contributed by atoms with Gasteiger partial charge in [0.15, 0.2) is 10.8 Å². The van der Waals surface area contributed by atoms with Crippen LogP contribution in [0.5, 0.6) is 0 Å². The highest BCUT2D eigenvalue weighted by atomic mass is 32.2. The Morgan fingerprint density at radius 3 is 2.38 bits per heavy atom. The quantitative estimate of drug-likeness (QED) is 0.690. The molecule has 1 unspecified atom stereocenters. The number of hydrogen-bond acceptors (Lipinski definition) is 5. The first-order valence-electron chi connectivity index (χ1n) is 4.48. The Morgan fingerprint density at radius 1 is 1.56 bits per heavy atom. The molecule has 1 aliphatic rings. The minimum absolute atomic E-state index is 0.365. The Bertz CT molecular complexity index is 426. The number of carboxylic acid groups (broad SMARTS) is 1. The van der Waals surface area contributed by atoms with E-state index in [1.807, 2.05) is 0 Å². The van der Waals surface area contributed by atoms with Gasteiger partial charge in [-0.2, -0.15) is 0 Å². The molecule has 92 valence electrons. The van der Waals surface area contributed by atoms with Crippen molar-refractivity contribution in [3.63, 3.8) is 0 Å². The van der Waals surface area contributed by atoms with Crippen molar-refractivity contribution in [3.8, 4) is 0 Å². The Labute approximate surface area is 93.0 Å². The highest BCUT2D eigenvalue weighted by Gasteiger charge is 2.63. The van der Waals surface area contributed by atoms with E-state index >= 15 is 0 Å². The third-order valence-electron chi connectivity index (χ3n) is 2.51. The molecule has 1 fully saturated rings. The van der Waals surface area contributed by atoms with Gasteiger partial charge in [0.25, 0.3) is 15.9 Å². The summed E-state index contributed by atoms with van der Waals surface area (Å²) >= 11 is 0. The Kier molecular flexibility index (Phi) is 2.99. The van der Waals surface area contributed by atoms with Crippen LogP contribution in [-0.2, 0) is 24.3 Å². The van der Waals surface area contributed by atoms with Crippen molar-refractivity contribution in [2.75, 3.05) is 13.7 Å². The second kappa shape index (κ2) is 3.70. The molecule has 0 saturated carbocycles. The lowest BCUT2D eigenvalue weighted by molar-refractivity contribution is -0.150. The first-order chi connectivity index (χ1) is 7.17. The predicted octanol–water partition coefficient (Wildman–Crippen LogP) is -0.963. The van der Waals surface area contributed by atoms with Crippen LogP contribution >= 0.6 is 0 Å². The molecule has 1 rings (SSSR count). The molecule has 0 bridgehead atoms. The number of carbonyl (C=O) groups is 2. The normalized spacial score (nSPS) is 23.7. The summed E-state index contributed by atoms with van der Waals surface area (Å²) in [6, 6.07) is -1.49. The number of carbonyl (C=O) groups excluding carboxylic acids is 1. The number of sulfonamides is 1. The van der Waals surface area contributed by atoms with Crippen LogP contribution in [0.1, 0.15) is 13.8 Å². The predicted molar refractivity (Wildman–Crippen MR) is 53.1 cm³/mol. The number of methoxy groups -OCH3 is 1. The zero-order valence-electron chi connectivity index (χ0n) is 9.13. The molecule has 8 heteroatoms. The number of aliphatic carboxylic acids is 1. The lowest BCUT2D eigenvalue weighted by Crippen LogP contribution is -2.71. The third kappa shape index (κ3) is 1.49. The maximum Gasteiger partial charge on any atom is 0.330 e. The summed E-state index contributed by atoms with van der Waals surface area (Å²) in [5.74, 6) is -2.13. The second-order valence-electron chi connectivity index (χ2n) is 3.93. The van der Waals surface area contributed by atoms with Gasteiger partial charge in [-0.15, -0.1) is 0 Å². The highest BCUT2D eigenvalue weighted by Crippen LogP contribution is 2.36. The number of nitrogens with zero attached hydrogens (tertiary/aromatic N) is 1. The largest absolute Gasteiger partial charge is 0.480 e. The van der Waals surface area contributed by atoms with Crippen LogP contribution in [0.4, 0.5) is 0 Å². The van der Waals surface area contributed by atoms with Crippen LogP contribution in [0.15, 0.2) is 0 Å². The van der Waals surface area contributed by atoms with E-state index < -0.39 is 32.7 Å². The first kappa shape index (κ1) is 12.9. The van der Waals surface area contributed by atoms with Gasteiger partial charge in [-0.25, -0.2) is 17.5 Å². The zero-order chi connectivity index (χ0) is 12.7. The number of ether oxygens (including phenoxy) is 1. The molecule has 0 radical (unpaired) electrons. The lowest BCUT2D eigenvalue weighted by Gasteiger charge is -2.45. The van der Waals surface area contributed by atoms with Crippen LogP contribution in [-0.4, -0.2) is 54.2 Å². The summed E-state index contributed by atoms with van der Waals surface area (Å²) in [6.45, 7) is 2.12.